The molecule has 0 aliphatic carbocycles. The van der Waals surface area contributed by atoms with Gasteiger partial charge in [0.05, 0.1) is 12.7 Å². The van der Waals surface area contributed by atoms with E-state index in [0.717, 1.165) is 5.56 Å². The summed E-state index contributed by atoms with van der Waals surface area (Å²) in [6.07, 6.45) is -0.916. The van der Waals surface area contributed by atoms with Gasteiger partial charge in [-0.15, -0.1) is 0 Å². The number of benzene rings is 1. The zero-order chi connectivity index (χ0) is 17.2. The Morgan fingerprint density at radius 2 is 1.78 bits per heavy atom. The first kappa shape index (κ1) is 16.6. The highest BCUT2D eigenvalue weighted by Crippen LogP contribution is 2.41. The van der Waals surface area contributed by atoms with Gasteiger partial charge in [-0.05, 0) is 0 Å². The van der Waals surface area contributed by atoms with Gasteiger partial charge in [-0.2, -0.15) is 0 Å². The molecule has 0 saturated carbocycles. The van der Waals surface area contributed by atoms with Crippen LogP contribution in [0.2, 0.25) is 0 Å². The summed E-state index contributed by atoms with van der Waals surface area (Å²) in [4.78, 5) is 35.4. The molecule has 0 radical (unpaired) electrons. The molecule has 0 bridgehead atoms. The van der Waals surface area contributed by atoms with E-state index in [9.17, 15) is 19.5 Å². The third kappa shape index (κ3) is 2.47. The second kappa shape index (κ2) is 6.18. The molecule has 1 aliphatic heterocycles. The van der Waals surface area contributed by atoms with Gasteiger partial charge in [-0.25, -0.2) is 9.28 Å². The van der Waals surface area contributed by atoms with Gasteiger partial charge in [0.1, 0.15) is 23.5 Å². The van der Waals surface area contributed by atoms with Crippen molar-refractivity contribution >= 4 is 18.3 Å². The molecule has 23 heavy (non-hydrogen) atoms. The third-order valence-corrected chi connectivity index (χ3v) is 4.25. The second-order valence-corrected chi connectivity index (χ2v) is 5.29. The van der Waals surface area contributed by atoms with E-state index < -0.39 is 16.5 Å². The number of nitrogens with zero attached hydrogens (tertiary/aromatic N) is 1. The van der Waals surface area contributed by atoms with Crippen LogP contribution in [-0.4, -0.2) is 29.9 Å². The molecule has 0 spiro atoms. The summed E-state index contributed by atoms with van der Waals surface area (Å²) in [7, 11) is 1.18. The number of hydrogen-bond acceptors (Lipinski definition) is 5. The van der Waals surface area contributed by atoms with Gasteiger partial charge >= 0.3 is 5.97 Å². The van der Waals surface area contributed by atoms with Crippen molar-refractivity contribution in [3.63, 3.8) is 0 Å². The van der Waals surface area contributed by atoms with Crippen LogP contribution in [0.15, 0.2) is 52.9 Å². The van der Waals surface area contributed by atoms with Gasteiger partial charge in [-0.3, -0.25) is 4.79 Å². The molecule has 120 valence electrons. The van der Waals surface area contributed by atoms with E-state index in [1.165, 1.54) is 21.0 Å². The van der Waals surface area contributed by atoms with Crippen molar-refractivity contribution in [2.45, 2.75) is 20.4 Å². The van der Waals surface area contributed by atoms with E-state index in [4.69, 9.17) is 4.74 Å². The van der Waals surface area contributed by atoms with E-state index in [2.05, 4.69) is 0 Å². The first-order valence-corrected chi connectivity index (χ1v) is 7.00. The monoisotopic (exact) mass is 315 g/mol. The van der Waals surface area contributed by atoms with E-state index >= 15 is 0 Å². The van der Waals surface area contributed by atoms with Crippen LogP contribution >= 0.6 is 0 Å². The van der Waals surface area contributed by atoms with Gasteiger partial charge in [0.2, 0.25) is 0 Å². The van der Waals surface area contributed by atoms with Crippen LogP contribution < -0.4 is 5.11 Å². The number of allylic oxidation sites excluding steroid dienone is 2. The molecule has 2 rings (SSSR count). The lowest BCUT2D eigenvalue weighted by Gasteiger charge is -2.35. The molecule has 0 saturated heterocycles. The van der Waals surface area contributed by atoms with Crippen LogP contribution in [0.5, 0.6) is 0 Å². The normalized spacial score (nSPS) is 20.7. The summed E-state index contributed by atoms with van der Waals surface area (Å²) < 4.78 is 3.99. The smallest absolute Gasteiger partial charge is 0.344 e. The maximum Gasteiger partial charge on any atom is 0.344 e. The van der Waals surface area contributed by atoms with Crippen molar-refractivity contribution in [1.82, 2.24) is 0 Å². The lowest BCUT2D eigenvalue weighted by atomic mass is 10.1. The Kier molecular flexibility index (Phi) is 4.47. The third-order valence-electron chi connectivity index (χ3n) is 4.25. The highest BCUT2D eigenvalue weighted by atomic mass is 16.5. The van der Waals surface area contributed by atoms with E-state index in [1.54, 1.807) is 24.3 Å². The molecule has 1 aromatic rings. The number of quaternary nitrogens is 1. The molecule has 1 aliphatic rings. The van der Waals surface area contributed by atoms with Crippen LogP contribution in [0.25, 0.3) is 0 Å². The number of carbonyl (C=O) groups is 3. The average Bonchev–Trinajstić information content (AvgIpc) is 2.76. The van der Waals surface area contributed by atoms with Crippen LogP contribution in [0.1, 0.15) is 19.4 Å². The largest absolute Gasteiger partial charge is 0.498 e. The molecule has 1 heterocycles. The average molecular weight is 315 g/mol. The zero-order valence-electron chi connectivity index (χ0n) is 13.2. The topological polar surface area (TPSA) is 83.5 Å². The lowest BCUT2D eigenvalue weighted by Crippen LogP contribution is -2.54. The summed E-state index contributed by atoms with van der Waals surface area (Å²) in [5.74, 6) is -0.738. The van der Waals surface area contributed by atoms with Gasteiger partial charge in [0.15, 0.2) is 6.29 Å². The molecule has 1 aromatic carbocycles. The van der Waals surface area contributed by atoms with Crippen molar-refractivity contribution in [2.75, 3.05) is 7.11 Å². The van der Waals surface area contributed by atoms with Crippen molar-refractivity contribution < 1.29 is 28.7 Å². The Labute approximate surface area is 133 Å². The number of methoxy groups -OCH3 is 1. The minimum absolute atomic E-state index is 0.0138. The van der Waals surface area contributed by atoms with Crippen LogP contribution in [0.4, 0.5) is 4.79 Å². The summed E-state index contributed by atoms with van der Waals surface area (Å²) in [5.41, 5.74) is 1.21. The maximum atomic E-state index is 12.0. The second-order valence-electron chi connectivity index (χ2n) is 5.29. The van der Waals surface area contributed by atoms with Gasteiger partial charge in [0.25, 0.3) is 6.09 Å². The number of aldehydes is 1. The molecule has 1 amide bonds. The van der Waals surface area contributed by atoms with Gasteiger partial charge < -0.3 is 14.6 Å². The van der Waals surface area contributed by atoms with Crippen molar-refractivity contribution in [3.8, 4) is 0 Å². The maximum absolute atomic E-state index is 12.0. The lowest BCUT2D eigenvalue weighted by molar-refractivity contribution is -0.814. The molecular weight excluding hydrogens is 298 g/mol. The summed E-state index contributed by atoms with van der Waals surface area (Å²) in [6, 6.07) is 8.95. The minimum Gasteiger partial charge on any atom is -0.498 e. The molecule has 1 atom stereocenters. The molecule has 6 heteroatoms. The number of amides is 1. The molecule has 0 fully saturated rings. The highest BCUT2D eigenvalue weighted by Gasteiger charge is 2.48. The summed E-state index contributed by atoms with van der Waals surface area (Å²) in [5, 5.41) is 12.0. The Bertz CT molecular complexity index is 733. The predicted octanol–water partition coefficient (Wildman–Crippen LogP) is 1.28. The summed E-state index contributed by atoms with van der Waals surface area (Å²) in [6.45, 7) is 3.06. The quantitative estimate of drug-likeness (QED) is 0.475. The summed E-state index contributed by atoms with van der Waals surface area (Å²) >= 11 is 0. The van der Waals surface area contributed by atoms with E-state index in [-0.39, 0.29) is 29.1 Å². The number of carboxylic acid groups (broad SMARTS) is 1. The highest BCUT2D eigenvalue weighted by molar-refractivity contribution is 6.04. The number of ether oxygens (including phenoxy) is 1. The Morgan fingerprint density at radius 1 is 1.17 bits per heavy atom. The fourth-order valence-electron chi connectivity index (χ4n) is 2.96. The predicted molar refractivity (Wildman–Crippen MR) is 79.3 cm³/mol. The number of rotatable bonds is 4. The molecule has 1 unspecified atom stereocenters. The molecular formula is C17H17NO5. The minimum atomic E-state index is -1.40. The zero-order valence-corrected chi connectivity index (χ0v) is 13.2. The van der Waals surface area contributed by atoms with Crippen molar-refractivity contribution in [1.29, 1.82) is 0 Å². The number of hydrogen-bond donors (Lipinski definition) is 0. The van der Waals surface area contributed by atoms with Crippen LogP contribution in [0, 0.1) is 0 Å². The van der Waals surface area contributed by atoms with Crippen molar-refractivity contribution in [2.24, 2.45) is 0 Å². The fourth-order valence-corrected chi connectivity index (χ4v) is 2.96. The fraction of sp³-hybridized carbons (Fsp3) is 0.235. The van der Waals surface area contributed by atoms with E-state index in [1.807, 2.05) is 6.07 Å². The van der Waals surface area contributed by atoms with Crippen molar-refractivity contribution in [3.05, 3.63) is 58.4 Å². The Morgan fingerprint density at radius 3 is 2.26 bits per heavy atom. The van der Waals surface area contributed by atoms with Crippen LogP contribution in [0.3, 0.4) is 0 Å². The van der Waals surface area contributed by atoms with Crippen LogP contribution in [-0.2, 0) is 20.9 Å². The molecule has 6 nitrogen and oxygen atoms in total. The molecule has 0 N–H and O–H groups in total. The Balaban J connectivity index is 2.69. The standard InChI is InChI=1S/C17H17NO5/c1-11-14(10-19)15(16(20)23-3)12(2)18(11,17(21)22)9-13-7-5-4-6-8-13/h4-8,10H,9H2,1-3H3. The molecule has 0 aromatic heterocycles. The number of carbonyl (C=O) groups excluding carboxylic acids is 3. The first-order valence-electron chi connectivity index (χ1n) is 7.00. The van der Waals surface area contributed by atoms with Gasteiger partial charge in [-0.1, -0.05) is 30.3 Å². The SMILES string of the molecule is COC(=O)C1=C(C)[N+](Cc2ccccc2)(C(=O)[O-])C(C)=C1C=O. The van der Waals surface area contributed by atoms with E-state index in [0.29, 0.717) is 6.29 Å². The van der Waals surface area contributed by atoms with Gasteiger partial charge in [0, 0.05) is 19.4 Å². The Hall–Kier alpha value is -2.73. The first-order chi connectivity index (χ1) is 10.9. The number of esters is 1.